The van der Waals surface area contributed by atoms with Crippen LogP contribution in [0.3, 0.4) is 0 Å². The minimum Gasteiger partial charge on any atom is -0.337 e. The molecule has 1 aliphatic heterocycles. The van der Waals surface area contributed by atoms with E-state index in [0.717, 1.165) is 0 Å². The van der Waals surface area contributed by atoms with Crippen LogP contribution in [0.1, 0.15) is 12.5 Å². The number of nitrogens with two attached hydrogens (primary N) is 1. The van der Waals surface area contributed by atoms with Crippen molar-refractivity contribution in [3.8, 4) is 6.07 Å². The van der Waals surface area contributed by atoms with Gasteiger partial charge in [-0.05, 0) is 6.92 Å². The molecule has 2 rings (SSSR count). The number of likely N-dealkylation sites (N-methyl/N-ethyl adjacent to an activating group) is 1. The van der Waals surface area contributed by atoms with E-state index >= 15 is 0 Å². The molecule has 1 atom stereocenters. The highest BCUT2D eigenvalue weighted by atomic mass is 16.7. The molecule has 130 valence electrons. The van der Waals surface area contributed by atoms with Crippen molar-refractivity contribution in [3.05, 3.63) is 18.0 Å². The molecule has 0 radical (unpaired) electrons. The van der Waals surface area contributed by atoms with E-state index in [2.05, 4.69) is 9.97 Å². The summed E-state index contributed by atoms with van der Waals surface area (Å²) in [4.78, 5) is 29.7. The molecule has 0 bridgehead atoms. The van der Waals surface area contributed by atoms with Gasteiger partial charge in [-0.1, -0.05) is 0 Å². The smallest absolute Gasteiger partial charge is 0.250 e. The molecule has 0 spiro atoms. The van der Waals surface area contributed by atoms with E-state index in [-0.39, 0.29) is 18.6 Å². The second-order valence-corrected chi connectivity index (χ2v) is 5.81. The molecule has 9 nitrogen and oxygen atoms in total. The van der Waals surface area contributed by atoms with E-state index in [1.165, 1.54) is 12.4 Å². The zero-order valence-electron chi connectivity index (χ0n) is 14.1. The van der Waals surface area contributed by atoms with Crippen molar-refractivity contribution < 1.29 is 9.63 Å². The van der Waals surface area contributed by atoms with E-state index < -0.39 is 0 Å². The number of carbonyl (C=O) groups excluding carboxylic acids is 1. The first-order chi connectivity index (χ1) is 11.5. The van der Waals surface area contributed by atoms with Crippen molar-refractivity contribution in [3.63, 3.8) is 0 Å². The lowest BCUT2D eigenvalue weighted by Gasteiger charge is -2.34. The molecule has 24 heavy (non-hydrogen) atoms. The molecule has 1 fully saturated rings. The van der Waals surface area contributed by atoms with Crippen LogP contribution in [0.4, 0.5) is 5.95 Å². The number of amides is 1. The summed E-state index contributed by atoms with van der Waals surface area (Å²) in [5.74, 6) is 0.529. The molecule has 1 amide bonds. The summed E-state index contributed by atoms with van der Waals surface area (Å²) in [6, 6.07) is 1.98. The van der Waals surface area contributed by atoms with Crippen LogP contribution < -0.4 is 10.6 Å². The van der Waals surface area contributed by atoms with Gasteiger partial charge in [-0.25, -0.2) is 9.97 Å². The third-order valence-electron chi connectivity index (χ3n) is 3.64. The lowest BCUT2D eigenvalue weighted by atomic mass is 10.3. The van der Waals surface area contributed by atoms with E-state index in [1.54, 1.807) is 17.0 Å². The molecular weight excluding hydrogens is 310 g/mol. The third kappa shape index (κ3) is 5.13. The number of carbonyl (C=O) groups is 1. The van der Waals surface area contributed by atoms with Gasteiger partial charge in [0, 0.05) is 45.8 Å². The highest BCUT2D eigenvalue weighted by Gasteiger charge is 2.23. The maximum Gasteiger partial charge on any atom is 0.250 e. The molecule has 1 aromatic rings. The largest absolute Gasteiger partial charge is 0.337 e. The van der Waals surface area contributed by atoms with Gasteiger partial charge in [0.05, 0.1) is 18.0 Å². The number of anilines is 1. The lowest BCUT2D eigenvalue weighted by molar-refractivity contribution is -0.168. The number of rotatable bonds is 6. The van der Waals surface area contributed by atoms with Crippen molar-refractivity contribution in [1.82, 2.24) is 19.9 Å². The van der Waals surface area contributed by atoms with E-state index in [0.29, 0.717) is 44.2 Å². The van der Waals surface area contributed by atoms with Gasteiger partial charge in [-0.2, -0.15) is 10.3 Å². The number of hydrogen-bond donors (Lipinski definition) is 1. The molecule has 9 heteroatoms. The Hall–Kier alpha value is -2.28. The maximum atomic E-state index is 12.2. The number of aromatic nitrogens is 2. The average molecular weight is 333 g/mol. The van der Waals surface area contributed by atoms with Gasteiger partial charge in [-0.3, -0.25) is 9.63 Å². The Labute approximate surface area is 141 Å². The SMILES string of the molecule is CC(N)CN(C)OCC(=O)N1CCN(c2ncc(C#N)cn2)CC1. The van der Waals surface area contributed by atoms with Crippen molar-refractivity contribution in [2.75, 3.05) is 51.3 Å². The van der Waals surface area contributed by atoms with E-state index in [9.17, 15) is 4.79 Å². The summed E-state index contributed by atoms with van der Waals surface area (Å²) in [6.45, 7) is 4.92. The monoisotopic (exact) mass is 333 g/mol. The fourth-order valence-electron chi connectivity index (χ4n) is 2.41. The summed E-state index contributed by atoms with van der Waals surface area (Å²) >= 11 is 0. The predicted molar refractivity (Wildman–Crippen MR) is 87.8 cm³/mol. The van der Waals surface area contributed by atoms with Gasteiger partial charge in [0.25, 0.3) is 5.91 Å². The summed E-state index contributed by atoms with van der Waals surface area (Å²) in [5.41, 5.74) is 6.11. The maximum absolute atomic E-state index is 12.2. The highest BCUT2D eigenvalue weighted by molar-refractivity contribution is 5.77. The van der Waals surface area contributed by atoms with Crippen LogP contribution in [0.5, 0.6) is 0 Å². The van der Waals surface area contributed by atoms with Crippen molar-refractivity contribution in [2.45, 2.75) is 13.0 Å². The Morgan fingerprint density at radius 2 is 2.04 bits per heavy atom. The van der Waals surface area contributed by atoms with Gasteiger partial charge < -0.3 is 15.5 Å². The third-order valence-corrected chi connectivity index (χ3v) is 3.64. The standard InChI is InChI=1S/C15H23N7O2/c1-12(17)10-20(2)24-11-14(23)21-3-5-22(6-4-21)15-18-8-13(7-16)9-19-15/h8-9,12H,3-6,10-11,17H2,1-2H3. The first-order valence-corrected chi connectivity index (χ1v) is 7.84. The van der Waals surface area contributed by atoms with Crippen molar-refractivity contribution in [2.24, 2.45) is 5.73 Å². The molecular formula is C15H23N7O2. The van der Waals surface area contributed by atoms with Crippen LogP contribution in [0.2, 0.25) is 0 Å². The molecule has 1 aliphatic rings. The van der Waals surface area contributed by atoms with Crippen LogP contribution in [-0.4, -0.2) is 78.3 Å². The Bertz CT molecular complexity index is 576. The molecule has 1 saturated heterocycles. The second-order valence-electron chi connectivity index (χ2n) is 5.81. The van der Waals surface area contributed by atoms with E-state index in [4.69, 9.17) is 15.8 Å². The van der Waals surface area contributed by atoms with Crippen LogP contribution in [-0.2, 0) is 9.63 Å². The predicted octanol–water partition coefficient (Wildman–Crippen LogP) is -0.793. The highest BCUT2D eigenvalue weighted by Crippen LogP contribution is 2.11. The number of piperazine rings is 1. The van der Waals surface area contributed by atoms with Crippen LogP contribution in [0.25, 0.3) is 0 Å². The topological polar surface area (TPSA) is 112 Å². The summed E-state index contributed by atoms with van der Waals surface area (Å²) in [6.07, 6.45) is 3.00. The van der Waals surface area contributed by atoms with Gasteiger partial charge >= 0.3 is 0 Å². The fourth-order valence-corrected chi connectivity index (χ4v) is 2.41. The van der Waals surface area contributed by atoms with Crippen LogP contribution in [0.15, 0.2) is 12.4 Å². The summed E-state index contributed by atoms with van der Waals surface area (Å²) in [5, 5.41) is 10.3. The van der Waals surface area contributed by atoms with Gasteiger partial charge in [0.1, 0.15) is 12.7 Å². The minimum atomic E-state index is -0.0491. The van der Waals surface area contributed by atoms with Crippen molar-refractivity contribution >= 4 is 11.9 Å². The quantitative estimate of drug-likeness (QED) is 0.674. The van der Waals surface area contributed by atoms with Crippen LogP contribution in [0, 0.1) is 11.3 Å². The molecule has 1 unspecified atom stereocenters. The van der Waals surface area contributed by atoms with Crippen LogP contribution >= 0.6 is 0 Å². The summed E-state index contributed by atoms with van der Waals surface area (Å²) in [7, 11) is 1.76. The summed E-state index contributed by atoms with van der Waals surface area (Å²) < 4.78 is 0. The lowest BCUT2D eigenvalue weighted by Crippen LogP contribution is -2.50. The zero-order chi connectivity index (χ0) is 17.5. The average Bonchev–Trinajstić information content (AvgIpc) is 2.59. The second kappa shape index (κ2) is 8.54. The first-order valence-electron chi connectivity index (χ1n) is 7.84. The molecule has 0 aromatic carbocycles. The molecule has 1 aromatic heterocycles. The minimum absolute atomic E-state index is 0.0105. The molecule has 2 heterocycles. The Kier molecular flexibility index (Phi) is 6.43. The van der Waals surface area contributed by atoms with E-state index in [1.807, 2.05) is 17.9 Å². The zero-order valence-corrected chi connectivity index (χ0v) is 14.1. The number of hydrogen-bond acceptors (Lipinski definition) is 8. The van der Waals surface area contributed by atoms with Gasteiger partial charge in [0.2, 0.25) is 5.95 Å². The van der Waals surface area contributed by atoms with Gasteiger partial charge in [0.15, 0.2) is 0 Å². The molecule has 2 N–H and O–H groups in total. The Balaban J connectivity index is 1.77. The Morgan fingerprint density at radius 3 is 2.58 bits per heavy atom. The number of hydroxylamine groups is 2. The number of nitriles is 1. The molecule has 0 saturated carbocycles. The molecule has 0 aliphatic carbocycles. The Morgan fingerprint density at radius 1 is 1.42 bits per heavy atom. The van der Waals surface area contributed by atoms with Gasteiger partial charge in [-0.15, -0.1) is 0 Å². The number of nitrogens with zero attached hydrogens (tertiary/aromatic N) is 6. The van der Waals surface area contributed by atoms with Crippen molar-refractivity contribution in [1.29, 1.82) is 5.26 Å². The fraction of sp³-hybridized carbons (Fsp3) is 0.600. The normalized spacial score (nSPS) is 16.1. The first kappa shape index (κ1) is 18.1.